The van der Waals surface area contributed by atoms with Crippen LogP contribution in [0.5, 0.6) is 5.75 Å². The largest absolute Gasteiger partial charge is 0.477 e. The van der Waals surface area contributed by atoms with Crippen LogP contribution in [-0.4, -0.2) is 29.0 Å². The lowest BCUT2D eigenvalue weighted by Gasteiger charge is -2.33. The molecule has 0 saturated heterocycles. The summed E-state index contributed by atoms with van der Waals surface area (Å²) >= 11 is 0. The molecule has 1 aliphatic rings. The van der Waals surface area contributed by atoms with Crippen LogP contribution in [0.25, 0.3) is 22.2 Å². The number of hydrogen-bond donors (Lipinski definition) is 1. The van der Waals surface area contributed by atoms with Crippen molar-refractivity contribution in [2.45, 2.75) is 12.6 Å². The van der Waals surface area contributed by atoms with Gasteiger partial charge in [0, 0.05) is 16.6 Å². The molecular formula is C25H21N3O3. The molecule has 6 nitrogen and oxygen atoms in total. The van der Waals surface area contributed by atoms with Crippen LogP contribution in [0, 0.1) is 0 Å². The summed E-state index contributed by atoms with van der Waals surface area (Å²) in [6.45, 7) is 0.211. The number of anilines is 1. The van der Waals surface area contributed by atoms with Gasteiger partial charge in [-0.3, -0.25) is 9.59 Å². The Morgan fingerprint density at radius 2 is 1.65 bits per heavy atom. The second-order valence-electron chi connectivity index (χ2n) is 7.52. The third-order valence-corrected chi connectivity index (χ3v) is 5.57. The van der Waals surface area contributed by atoms with E-state index in [1.54, 1.807) is 17.0 Å². The Labute approximate surface area is 179 Å². The third-order valence-electron chi connectivity index (χ3n) is 5.57. The van der Waals surface area contributed by atoms with E-state index >= 15 is 0 Å². The maximum absolute atomic E-state index is 13.5. The molecule has 6 heteroatoms. The van der Waals surface area contributed by atoms with E-state index in [9.17, 15) is 9.59 Å². The molecule has 1 aromatic heterocycles. The van der Waals surface area contributed by atoms with Gasteiger partial charge in [0.2, 0.25) is 5.91 Å². The smallest absolute Gasteiger partial charge is 0.260 e. The Kier molecular flexibility index (Phi) is 4.67. The topological polar surface area (TPSA) is 77.6 Å². The van der Waals surface area contributed by atoms with E-state index in [0.29, 0.717) is 11.4 Å². The van der Waals surface area contributed by atoms with Crippen LogP contribution >= 0.6 is 0 Å². The highest BCUT2D eigenvalue weighted by molar-refractivity contribution is 5.98. The summed E-state index contributed by atoms with van der Waals surface area (Å²) in [7, 11) is 0. The van der Waals surface area contributed by atoms with Gasteiger partial charge in [-0.15, -0.1) is 0 Å². The van der Waals surface area contributed by atoms with Gasteiger partial charge in [-0.25, -0.2) is 0 Å². The first-order chi connectivity index (χ1) is 15.1. The van der Waals surface area contributed by atoms with Crippen molar-refractivity contribution in [3.8, 4) is 17.0 Å². The van der Waals surface area contributed by atoms with Crippen molar-refractivity contribution in [2.24, 2.45) is 5.73 Å². The number of hydrogen-bond acceptors (Lipinski definition) is 3. The molecule has 154 valence electrons. The molecule has 0 bridgehead atoms. The fourth-order valence-electron chi connectivity index (χ4n) is 4.07. The van der Waals surface area contributed by atoms with Crippen molar-refractivity contribution in [1.29, 1.82) is 0 Å². The van der Waals surface area contributed by atoms with E-state index in [0.717, 1.165) is 22.2 Å². The highest BCUT2D eigenvalue weighted by Gasteiger charge is 2.33. The molecule has 0 fully saturated rings. The van der Waals surface area contributed by atoms with E-state index in [1.807, 2.05) is 71.3 Å². The van der Waals surface area contributed by atoms with Crippen molar-refractivity contribution in [2.75, 3.05) is 11.4 Å². The van der Waals surface area contributed by atoms with Crippen molar-refractivity contribution in [3.05, 3.63) is 84.9 Å². The second-order valence-corrected chi connectivity index (χ2v) is 7.52. The minimum Gasteiger partial charge on any atom is -0.477 e. The van der Waals surface area contributed by atoms with Gasteiger partial charge in [0.25, 0.3) is 5.91 Å². The molecular weight excluding hydrogens is 390 g/mol. The SMILES string of the molecule is NC(=O)[C@@H]1CN(C(=O)Cn2c(-c3ccccc3)cc3ccccc32)c2ccccc2O1. The summed E-state index contributed by atoms with van der Waals surface area (Å²) < 4.78 is 7.72. The average molecular weight is 411 g/mol. The summed E-state index contributed by atoms with van der Waals surface area (Å²) in [5, 5.41) is 1.06. The molecule has 0 unspecified atom stereocenters. The number of para-hydroxylation sites is 3. The van der Waals surface area contributed by atoms with Crippen molar-refractivity contribution in [1.82, 2.24) is 4.57 Å². The molecule has 2 amide bonds. The predicted octanol–water partition coefficient (Wildman–Crippen LogP) is 3.59. The van der Waals surface area contributed by atoms with E-state index in [1.165, 1.54) is 0 Å². The quantitative estimate of drug-likeness (QED) is 0.558. The lowest BCUT2D eigenvalue weighted by Crippen LogP contribution is -2.50. The number of ether oxygens (including phenoxy) is 1. The molecule has 31 heavy (non-hydrogen) atoms. The van der Waals surface area contributed by atoms with Crippen LogP contribution in [-0.2, 0) is 16.1 Å². The van der Waals surface area contributed by atoms with Crippen LogP contribution in [0.2, 0.25) is 0 Å². The Morgan fingerprint density at radius 1 is 0.935 bits per heavy atom. The lowest BCUT2D eigenvalue weighted by atomic mass is 10.1. The number of nitrogens with zero attached hydrogens (tertiary/aromatic N) is 2. The van der Waals surface area contributed by atoms with Crippen LogP contribution < -0.4 is 15.4 Å². The Balaban J connectivity index is 1.56. The predicted molar refractivity (Wildman–Crippen MR) is 120 cm³/mol. The first kappa shape index (κ1) is 18.9. The molecule has 4 aromatic rings. The minimum atomic E-state index is -0.881. The number of carbonyl (C=O) groups excluding carboxylic acids is 2. The third kappa shape index (κ3) is 3.42. The fourth-order valence-corrected chi connectivity index (χ4v) is 4.07. The first-order valence-corrected chi connectivity index (χ1v) is 10.1. The van der Waals surface area contributed by atoms with Crippen LogP contribution in [0.4, 0.5) is 5.69 Å². The summed E-state index contributed by atoms with van der Waals surface area (Å²) in [5.41, 5.74) is 9.10. The Bertz CT molecular complexity index is 1280. The number of rotatable bonds is 4. The van der Waals surface area contributed by atoms with Crippen molar-refractivity contribution in [3.63, 3.8) is 0 Å². The summed E-state index contributed by atoms with van der Waals surface area (Å²) in [4.78, 5) is 26.9. The molecule has 0 spiro atoms. The number of carbonyl (C=O) groups is 2. The number of nitrogens with two attached hydrogens (primary N) is 1. The molecule has 2 N–H and O–H groups in total. The zero-order chi connectivity index (χ0) is 21.4. The van der Waals surface area contributed by atoms with Gasteiger partial charge in [0.1, 0.15) is 12.3 Å². The fraction of sp³-hybridized carbons (Fsp3) is 0.120. The monoisotopic (exact) mass is 411 g/mol. The maximum Gasteiger partial charge on any atom is 0.260 e. The summed E-state index contributed by atoms with van der Waals surface area (Å²) in [6.07, 6.45) is -0.881. The Morgan fingerprint density at radius 3 is 2.45 bits per heavy atom. The first-order valence-electron chi connectivity index (χ1n) is 10.1. The van der Waals surface area contributed by atoms with Crippen molar-refractivity contribution < 1.29 is 14.3 Å². The molecule has 2 heterocycles. The molecule has 0 saturated carbocycles. The molecule has 3 aromatic carbocycles. The van der Waals surface area contributed by atoms with Gasteiger partial charge < -0.3 is 19.9 Å². The number of primary amides is 1. The van der Waals surface area contributed by atoms with Gasteiger partial charge in [0.05, 0.1) is 12.2 Å². The Hall–Kier alpha value is -4.06. The molecule has 1 atom stereocenters. The van der Waals surface area contributed by atoms with Gasteiger partial charge in [-0.05, 0) is 29.8 Å². The maximum atomic E-state index is 13.5. The summed E-state index contributed by atoms with van der Waals surface area (Å²) in [6, 6.07) is 27.3. The highest BCUT2D eigenvalue weighted by Crippen LogP contribution is 2.34. The molecule has 1 aliphatic heterocycles. The summed E-state index contributed by atoms with van der Waals surface area (Å²) in [5.74, 6) is -0.254. The molecule has 5 rings (SSSR count). The number of aromatic nitrogens is 1. The second kappa shape index (κ2) is 7.65. The average Bonchev–Trinajstić information content (AvgIpc) is 3.17. The van der Waals surface area contributed by atoms with Gasteiger partial charge in [0.15, 0.2) is 6.10 Å². The molecule has 0 aliphatic carbocycles. The van der Waals surface area contributed by atoms with Crippen LogP contribution in [0.15, 0.2) is 84.9 Å². The number of benzene rings is 3. The van der Waals surface area contributed by atoms with Gasteiger partial charge >= 0.3 is 0 Å². The number of fused-ring (bicyclic) bond motifs is 2. The van der Waals surface area contributed by atoms with E-state index in [4.69, 9.17) is 10.5 Å². The van der Waals surface area contributed by atoms with Gasteiger partial charge in [-0.1, -0.05) is 60.7 Å². The highest BCUT2D eigenvalue weighted by atomic mass is 16.5. The zero-order valence-corrected chi connectivity index (χ0v) is 16.8. The zero-order valence-electron chi connectivity index (χ0n) is 16.8. The molecule has 0 radical (unpaired) electrons. The van der Waals surface area contributed by atoms with E-state index in [-0.39, 0.29) is 19.0 Å². The van der Waals surface area contributed by atoms with Crippen LogP contribution in [0.1, 0.15) is 0 Å². The number of amides is 2. The lowest BCUT2D eigenvalue weighted by molar-refractivity contribution is -0.125. The van der Waals surface area contributed by atoms with Gasteiger partial charge in [-0.2, -0.15) is 0 Å². The minimum absolute atomic E-state index is 0.0883. The van der Waals surface area contributed by atoms with E-state index in [2.05, 4.69) is 6.07 Å². The standard InChI is InChI=1S/C25H21N3O3/c26-25(30)23-15-28(20-12-6-7-13-22(20)31-23)24(29)16-27-19-11-5-4-10-18(19)14-21(27)17-8-2-1-3-9-17/h1-14,23H,15-16H2,(H2,26,30)/t23-/m0/s1. The van der Waals surface area contributed by atoms with Crippen molar-refractivity contribution >= 4 is 28.4 Å². The van der Waals surface area contributed by atoms with Crippen LogP contribution in [0.3, 0.4) is 0 Å². The normalized spacial score (nSPS) is 15.4. The van der Waals surface area contributed by atoms with E-state index < -0.39 is 12.0 Å².